The molecular weight excluding hydrogens is 512 g/mol. The highest BCUT2D eigenvalue weighted by Crippen LogP contribution is 2.44. The van der Waals surface area contributed by atoms with Crippen molar-refractivity contribution in [2.45, 2.75) is 46.1 Å². The van der Waals surface area contributed by atoms with E-state index in [1.165, 1.54) is 12.4 Å². The van der Waals surface area contributed by atoms with Crippen LogP contribution in [0.4, 0.5) is 5.69 Å². The molecule has 2 aromatic carbocycles. The Bertz CT molecular complexity index is 1760. The van der Waals surface area contributed by atoms with Gasteiger partial charge in [0.05, 0.1) is 28.2 Å². The van der Waals surface area contributed by atoms with Gasteiger partial charge in [-0.15, -0.1) is 0 Å². The zero-order valence-corrected chi connectivity index (χ0v) is 22.8. The van der Waals surface area contributed by atoms with Gasteiger partial charge in [0.25, 0.3) is 5.88 Å². The maximum absolute atomic E-state index is 12.5. The second-order valence-corrected chi connectivity index (χ2v) is 12.0. The van der Waals surface area contributed by atoms with Gasteiger partial charge in [0.2, 0.25) is 15.7 Å². The molecule has 10 heteroatoms. The van der Waals surface area contributed by atoms with Crippen molar-refractivity contribution in [3.8, 4) is 35.0 Å². The lowest BCUT2D eigenvalue weighted by atomic mass is 9.92. The van der Waals surface area contributed by atoms with Crippen molar-refractivity contribution in [2.24, 2.45) is 5.92 Å². The standard InChI is InChI=1S/C29H28N6O3S/c1-18(2)17-39(36,37)34-25-10-7-20(13-19(25)3)28-24(15-30)23-9-8-22(14-27(23)35(28)21-5-4-6-21)38-29-26(16-31)32-11-12-33-29/h7-14,18,21,34H,4-6,17H2,1-3H3. The van der Waals surface area contributed by atoms with Crippen LogP contribution in [-0.2, 0) is 10.0 Å². The molecule has 0 unspecified atom stereocenters. The van der Waals surface area contributed by atoms with Gasteiger partial charge in [-0.05, 0) is 67.5 Å². The van der Waals surface area contributed by atoms with Crippen molar-refractivity contribution in [3.05, 3.63) is 65.6 Å². The molecule has 0 atom stereocenters. The Labute approximate surface area is 227 Å². The van der Waals surface area contributed by atoms with E-state index in [1.54, 1.807) is 12.1 Å². The lowest BCUT2D eigenvalue weighted by Crippen LogP contribution is -2.20. The van der Waals surface area contributed by atoms with Crippen LogP contribution in [0.25, 0.3) is 22.2 Å². The van der Waals surface area contributed by atoms with Gasteiger partial charge in [-0.1, -0.05) is 19.9 Å². The second-order valence-electron chi connectivity index (χ2n) is 10.2. The first-order chi connectivity index (χ1) is 18.7. The van der Waals surface area contributed by atoms with Crippen LogP contribution >= 0.6 is 0 Å². The SMILES string of the molecule is Cc1cc(-c2c(C#N)c3ccc(Oc4nccnc4C#N)cc3n2C2CCC2)ccc1NS(=O)(=O)CC(C)C. The van der Waals surface area contributed by atoms with Gasteiger partial charge >= 0.3 is 0 Å². The second kappa shape index (κ2) is 10.4. The molecule has 0 saturated heterocycles. The first-order valence-corrected chi connectivity index (χ1v) is 14.4. The molecular formula is C29H28N6O3S. The molecule has 1 fully saturated rings. The number of nitrogens with zero attached hydrogens (tertiary/aromatic N) is 5. The molecule has 1 saturated carbocycles. The Morgan fingerprint density at radius 1 is 1.10 bits per heavy atom. The van der Waals surface area contributed by atoms with Crippen molar-refractivity contribution in [1.82, 2.24) is 14.5 Å². The van der Waals surface area contributed by atoms with Crippen molar-refractivity contribution < 1.29 is 13.2 Å². The number of aromatic nitrogens is 3. The van der Waals surface area contributed by atoms with E-state index < -0.39 is 10.0 Å². The van der Waals surface area contributed by atoms with E-state index >= 15 is 0 Å². The fourth-order valence-electron chi connectivity index (χ4n) is 4.94. The van der Waals surface area contributed by atoms with Crippen molar-refractivity contribution >= 4 is 26.6 Å². The summed E-state index contributed by atoms with van der Waals surface area (Å²) in [4.78, 5) is 8.15. The number of hydrogen-bond donors (Lipinski definition) is 1. The number of benzene rings is 2. The number of fused-ring (bicyclic) bond motifs is 1. The van der Waals surface area contributed by atoms with Crippen LogP contribution in [0.1, 0.15) is 56.0 Å². The van der Waals surface area contributed by atoms with Gasteiger partial charge in [0.1, 0.15) is 17.9 Å². The summed E-state index contributed by atoms with van der Waals surface area (Å²) in [6, 6.07) is 15.6. The van der Waals surface area contributed by atoms with E-state index in [4.69, 9.17) is 4.74 Å². The van der Waals surface area contributed by atoms with Gasteiger partial charge in [0.15, 0.2) is 0 Å². The number of anilines is 1. The highest BCUT2D eigenvalue weighted by Gasteiger charge is 2.28. The molecule has 2 heterocycles. The third kappa shape index (κ3) is 5.16. The summed E-state index contributed by atoms with van der Waals surface area (Å²) in [7, 11) is -3.47. The molecule has 1 aliphatic rings. The zero-order chi connectivity index (χ0) is 27.7. The minimum absolute atomic E-state index is 0.00717. The molecule has 9 nitrogen and oxygen atoms in total. The highest BCUT2D eigenvalue weighted by molar-refractivity contribution is 7.92. The molecule has 0 bridgehead atoms. The smallest absolute Gasteiger partial charge is 0.256 e. The normalized spacial score (nSPS) is 13.6. The number of aryl methyl sites for hydroxylation is 1. The van der Waals surface area contributed by atoms with Crippen LogP contribution in [0.15, 0.2) is 48.8 Å². The van der Waals surface area contributed by atoms with Gasteiger partial charge in [-0.25, -0.2) is 18.4 Å². The van der Waals surface area contributed by atoms with Crippen LogP contribution in [0, 0.1) is 35.5 Å². The van der Waals surface area contributed by atoms with E-state index in [2.05, 4.69) is 25.3 Å². The number of nitriles is 2. The van der Waals surface area contributed by atoms with E-state index in [0.29, 0.717) is 17.0 Å². The van der Waals surface area contributed by atoms with Gasteiger partial charge in [-0.2, -0.15) is 10.5 Å². The molecule has 4 aromatic rings. The largest absolute Gasteiger partial charge is 0.436 e. The first-order valence-electron chi connectivity index (χ1n) is 12.8. The minimum Gasteiger partial charge on any atom is -0.436 e. The van der Waals surface area contributed by atoms with Gasteiger partial charge in [-0.3, -0.25) is 4.72 Å². The molecule has 198 valence electrons. The van der Waals surface area contributed by atoms with Crippen LogP contribution in [0.5, 0.6) is 11.6 Å². The monoisotopic (exact) mass is 540 g/mol. The molecule has 2 aromatic heterocycles. The zero-order valence-electron chi connectivity index (χ0n) is 22.0. The fraction of sp³-hybridized carbons (Fsp3) is 0.310. The third-order valence-electron chi connectivity index (χ3n) is 6.83. The van der Waals surface area contributed by atoms with Crippen molar-refractivity contribution in [1.29, 1.82) is 10.5 Å². The Hall–Kier alpha value is -4.41. The number of nitrogens with one attached hydrogen (secondary N) is 1. The topological polar surface area (TPSA) is 134 Å². The van der Waals surface area contributed by atoms with Gasteiger partial charge in [0, 0.05) is 29.9 Å². The number of ether oxygens (including phenoxy) is 1. The maximum atomic E-state index is 12.5. The Kier molecular flexibility index (Phi) is 6.98. The minimum atomic E-state index is -3.47. The number of sulfonamides is 1. The van der Waals surface area contributed by atoms with E-state index in [-0.39, 0.29) is 29.3 Å². The van der Waals surface area contributed by atoms with Crippen LogP contribution in [-0.4, -0.2) is 28.7 Å². The molecule has 5 rings (SSSR count). The number of hydrogen-bond acceptors (Lipinski definition) is 7. The molecule has 39 heavy (non-hydrogen) atoms. The Balaban J connectivity index is 1.61. The quantitative estimate of drug-likeness (QED) is 0.287. The lowest BCUT2D eigenvalue weighted by Gasteiger charge is -2.30. The molecule has 0 amide bonds. The van der Waals surface area contributed by atoms with Gasteiger partial charge < -0.3 is 9.30 Å². The molecule has 0 aliphatic heterocycles. The lowest BCUT2D eigenvalue weighted by molar-refractivity contribution is 0.324. The molecule has 0 spiro atoms. The predicted octanol–water partition coefficient (Wildman–Crippen LogP) is 6.07. The first kappa shape index (κ1) is 26.2. The predicted molar refractivity (Wildman–Crippen MR) is 149 cm³/mol. The average Bonchev–Trinajstić information content (AvgIpc) is 3.17. The summed E-state index contributed by atoms with van der Waals surface area (Å²) in [5.41, 5.74) is 4.42. The highest BCUT2D eigenvalue weighted by atomic mass is 32.2. The summed E-state index contributed by atoms with van der Waals surface area (Å²) in [5.74, 6) is 0.651. The summed E-state index contributed by atoms with van der Waals surface area (Å²) in [6.07, 6.45) is 5.97. The summed E-state index contributed by atoms with van der Waals surface area (Å²) in [6.45, 7) is 5.59. The van der Waals surface area contributed by atoms with E-state index in [1.807, 2.05) is 51.1 Å². The van der Waals surface area contributed by atoms with Crippen LogP contribution < -0.4 is 9.46 Å². The van der Waals surface area contributed by atoms with Crippen molar-refractivity contribution in [3.63, 3.8) is 0 Å². The summed E-state index contributed by atoms with van der Waals surface area (Å²) < 4.78 is 35.9. The molecule has 1 aliphatic carbocycles. The number of rotatable bonds is 8. The van der Waals surface area contributed by atoms with Crippen LogP contribution in [0.3, 0.4) is 0 Å². The maximum Gasteiger partial charge on any atom is 0.256 e. The van der Waals surface area contributed by atoms with E-state index in [9.17, 15) is 18.9 Å². The average molecular weight is 541 g/mol. The third-order valence-corrected chi connectivity index (χ3v) is 8.47. The fourth-order valence-corrected chi connectivity index (χ4v) is 6.46. The van der Waals surface area contributed by atoms with E-state index in [0.717, 1.165) is 47.0 Å². The molecule has 1 N–H and O–H groups in total. The van der Waals surface area contributed by atoms with Crippen molar-refractivity contribution in [2.75, 3.05) is 10.5 Å². The Morgan fingerprint density at radius 3 is 2.51 bits per heavy atom. The summed E-state index contributed by atoms with van der Waals surface area (Å²) in [5, 5.41) is 20.4. The molecule has 0 radical (unpaired) electrons. The van der Waals surface area contributed by atoms with Crippen LogP contribution in [0.2, 0.25) is 0 Å². The Morgan fingerprint density at radius 2 is 1.87 bits per heavy atom. The summed E-state index contributed by atoms with van der Waals surface area (Å²) >= 11 is 0.